The van der Waals surface area contributed by atoms with Crippen LogP contribution in [0.5, 0.6) is 5.88 Å². The van der Waals surface area contributed by atoms with Crippen molar-refractivity contribution in [3.63, 3.8) is 0 Å². The Kier molecular flexibility index (Phi) is 7.54. The highest BCUT2D eigenvalue weighted by Gasteiger charge is 2.21. The maximum absolute atomic E-state index is 12.7. The zero-order valence-electron chi connectivity index (χ0n) is 18.5. The van der Waals surface area contributed by atoms with Crippen LogP contribution in [0.4, 0.5) is 11.5 Å². The molecule has 32 heavy (non-hydrogen) atoms. The molecule has 2 aliphatic rings. The summed E-state index contributed by atoms with van der Waals surface area (Å²) in [5.41, 5.74) is 6.19. The van der Waals surface area contributed by atoms with Crippen molar-refractivity contribution in [3.05, 3.63) is 52.7 Å². The van der Waals surface area contributed by atoms with Crippen molar-refractivity contribution in [1.29, 1.82) is 0 Å². The van der Waals surface area contributed by atoms with Crippen molar-refractivity contribution in [1.82, 2.24) is 4.98 Å². The molecule has 1 aromatic heterocycles. The number of ether oxygens (including phenoxy) is 3. The molecule has 2 saturated heterocycles. The molecule has 3 heterocycles. The zero-order valence-corrected chi connectivity index (χ0v) is 18.5. The lowest BCUT2D eigenvalue weighted by atomic mass is 10.2. The molecular formula is C23H31N5O4. The van der Waals surface area contributed by atoms with Crippen LogP contribution in [0.25, 0.3) is 0 Å². The number of nitrogens with zero attached hydrogens (tertiary/aromatic N) is 4. The van der Waals surface area contributed by atoms with Crippen molar-refractivity contribution < 1.29 is 18.9 Å². The summed E-state index contributed by atoms with van der Waals surface area (Å²) in [5.74, 6) is 1.06. The number of morpholine rings is 2. The van der Waals surface area contributed by atoms with E-state index in [1.165, 1.54) is 5.56 Å². The van der Waals surface area contributed by atoms with Gasteiger partial charge in [0.25, 0.3) is 0 Å². The quantitative estimate of drug-likeness (QED) is 0.291. The highest BCUT2D eigenvalue weighted by atomic mass is 16.6. The number of rotatable bonds is 8. The van der Waals surface area contributed by atoms with E-state index < -0.39 is 0 Å². The summed E-state index contributed by atoms with van der Waals surface area (Å²) in [5, 5.41) is 17.0. The summed E-state index contributed by atoms with van der Waals surface area (Å²) in [6, 6.07) is 12.0. The van der Waals surface area contributed by atoms with Gasteiger partial charge in [-0.15, -0.1) is 0 Å². The second kappa shape index (κ2) is 10.7. The predicted octanol–water partition coefficient (Wildman–Crippen LogP) is 2.40. The molecule has 0 amide bonds. The number of hydroxylamine groups is 3. The van der Waals surface area contributed by atoms with Crippen LogP contribution in [0.3, 0.4) is 0 Å². The van der Waals surface area contributed by atoms with Crippen LogP contribution in [-0.2, 0) is 9.47 Å². The first-order valence-electron chi connectivity index (χ1n) is 11.1. The smallest absolute Gasteiger partial charge is 0.217 e. The Morgan fingerprint density at radius 2 is 1.94 bits per heavy atom. The summed E-state index contributed by atoms with van der Waals surface area (Å²) in [7, 11) is 0. The third-order valence-electron chi connectivity index (χ3n) is 5.63. The Hall–Kier alpha value is -2.72. The van der Waals surface area contributed by atoms with E-state index in [1.54, 1.807) is 6.21 Å². The molecular weight excluding hydrogens is 410 g/mol. The van der Waals surface area contributed by atoms with E-state index in [2.05, 4.69) is 26.5 Å². The van der Waals surface area contributed by atoms with E-state index in [4.69, 9.17) is 14.2 Å². The fourth-order valence-corrected chi connectivity index (χ4v) is 3.77. The van der Waals surface area contributed by atoms with Gasteiger partial charge in [0.05, 0.1) is 32.6 Å². The predicted molar refractivity (Wildman–Crippen MR) is 124 cm³/mol. The molecule has 4 rings (SSSR count). The molecule has 9 heteroatoms. The fourth-order valence-electron chi connectivity index (χ4n) is 3.77. The summed E-state index contributed by atoms with van der Waals surface area (Å²) in [6.45, 7) is 7.63. The number of benzene rings is 1. The fraction of sp³-hybridized carbons (Fsp3) is 0.478. The van der Waals surface area contributed by atoms with Crippen molar-refractivity contribution in [3.8, 4) is 5.88 Å². The molecule has 1 N–H and O–H groups in total. The number of pyridine rings is 1. The molecule has 0 bridgehead atoms. The van der Waals surface area contributed by atoms with Crippen LogP contribution >= 0.6 is 0 Å². The second-order valence-electron chi connectivity index (χ2n) is 8.12. The normalized spacial score (nSPS) is 18.6. The number of hydrogen-bond donors (Lipinski definition) is 1. The lowest BCUT2D eigenvalue weighted by molar-refractivity contribution is -0.888. The molecule has 2 aliphatic heterocycles. The van der Waals surface area contributed by atoms with Gasteiger partial charge in [-0.1, -0.05) is 29.8 Å². The van der Waals surface area contributed by atoms with Crippen molar-refractivity contribution in [2.75, 3.05) is 76.1 Å². The molecule has 9 nitrogen and oxygen atoms in total. The van der Waals surface area contributed by atoms with Gasteiger partial charge in [-0.05, 0) is 12.5 Å². The minimum absolute atomic E-state index is 0.283. The van der Waals surface area contributed by atoms with Crippen molar-refractivity contribution >= 4 is 17.7 Å². The first-order valence-corrected chi connectivity index (χ1v) is 11.1. The molecule has 0 saturated carbocycles. The number of quaternary nitrogens is 1. The van der Waals surface area contributed by atoms with E-state index in [0.29, 0.717) is 64.4 Å². The molecule has 0 aliphatic carbocycles. The zero-order chi connectivity index (χ0) is 22.2. The third-order valence-corrected chi connectivity index (χ3v) is 5.63. The summed E-state index contributed by atoms with van der Waals surface area (Å²) >= 11 is 0. The lowest BCUT2D eigenvalue weighted by Crippen LogP contribution is -2.52. The average molecular weight is 442 g/mol. The van der Waals surface area contributed by atoms with Crippen LogP contribution in [0.1, 0.15) is 11.1 Å². The molecule has 2 fully saturated rings. The van der Waals surface area contributed by atoms with Gasteiger partial charge in [-0.2, -0.15) is 10.1 Å². The molecule has 0 unspecified atom stereocenters. The Morgan fingerprint density at radius 3 is 2.72 bits per heavy atom. The van der Waals surface area contributed by atoms with Gasteiger partial charge < -0.3 is 29.0 Å². The van der Waals surface area contributed by atoms with Gasteiger partial charge in [-0.25, -0.2) is 0 Å². The van der Waals surface area contributed by atoms with E-state index in [0.717, 1.165) is 24.3 Å². The van der Waals surface area contributed by atoms with E-state index in [9.17, 15) is 5.21 Å². The van der Waals surface area contributed by atoms with Crippen LogP contribution < -0.4 is 15.1 Å². The molecule has 0 atom stereocenters. The second-order valence-corrected chi connectivity index (χ2v) is 8.12. The Balaban J connectivity index is 1.44. The van der Waals surface area contributed by atoms with E-state index >= 15 is 0 Å². The van der Waals surface area contributed by atoms with Gasteiger partial charge in [-0.3, -0.25) is 5.43 Å². The number of hydrazone groups is 1. The van der Waals surface area contributed by atoms with Crippen molar-refractivity contribution in [2.24, 2.45) is 5.10 Å². The van der Waals surface area contributed by atoms with Gasteiger partial charge in [0.1, 0.15) is 26.2 Å². The minimum atomic E-state index is -0.283. The first-order chi connectivity index (χ1) is 15.6. The van der Waals surface area contributed by atoms with Gasteiger partial charge >= 0.3 is 0 Å². The van der Waals surface area contributed by atoms with E-state index in [-0.39, 0.29) is 4.65 Å². The number of aryl methyl sites for hydroxylation is 1. The number of aromatic nitrogens is 1. The number of nitrogens with one attached hydrogen (secondary N) is 1. The maximum Gasteiger partial charge on any atom is 0.217 e. The van der Waals surface area contributed by atoms with Crippen LogP contribution in [-0.4, -0.2) is 81.6 Å². The van der Waals surface area contributed by atoms with Crippen LogP contribution in [0, 0.1) is 12.1 Å². The standard InChI is InChI=1S/C23H31N5O4/c1-19-3-2-4-20(15-19)18-24-26-22-16-21(27-5-10-30-11-6-27)17-23(25-22)32-14-9-28(29)7-12-31-13-8-28/h2-4,15-18H,5-14H2,1H3,(H,25,26)/b24-18+. The van der Waals surface area contributed by atoms with E-state index in [1.807, 2.05) is 37.3 Å². The lowest BCUT2D eigenvalue weighted by Gasteiger charge is -2.44. The summed E-state index contributed by atoms with van der Waals surface area (Å²) < 4.78 is 16.4. The Bertz CT molecular complexity index is 911. The molecule has 0 radical (unpaired) electrons. The highest BCUT2D eigenvalue weighted by Crippen LogP contribution is 2.25. The Labute approximate surface area is 188 Å². The summed E-state index contributed by atoms with van der Waals surface area (Å²) in [6.07, 6.45) is 1.76. The van der Waals surface area contributed by atoms with Crippen LogP contribution in [0.2, 0.25) is 0 Å². The largest absolute Gasteiger partial charge is 0.633 e. The maximum atomic E-state index is 12.7. The minimum Gasteiger partial charge on any atom is -0.633 e. The van der Waals surface area contributed by atoms with Gasteiger partial charge in [0.2, 0.25) is 5.88 Å². The number of anilines is 2. The summed E-state index contributed by atoms with van der Waals surface area (Å²) in [4.78, 5) is 6.78. The van der Waals surface area contributed by atoms with Gasteiger partial charge in [0, 0.05) is 30.9 Å². The topological polar surface area (TPSA) is 91.3 Å². The molecule has 1 aromatic carbocycles. The first kappa shape index (κ1) is 22.5. The number of hydrogen-bond acceptors (Lipinski definition) is 8. The van der Waals surface area contributed by atoms with Crippen molar-refractivity contribution in [2.45, 2.75) is 6.92 Å². The molecule has 2 aromatic rings. The van der Waals surface area contributed by atoms with Crippen LogP contribution in [0.15, 0.2) is 41.5 Å². The molecule has 172 valence electrons. The molecule has 0 spiro atoms. The van der Waals surface area contributed by atoms with Gasteiger partial charge in [0.15, 0.2) is 5.82 Å². The monoisotopic (exact) mass is 441 g/mol. The highest BCUT2D eigenvalue weighted by molar-refractivity contribution is 5.80. The average Bonchev–Trinajstić information content (AvgIpc) is 2.80. The Morgan fingerprint density at radius 1 is 1.16 bits per heavy atom. The SMILES string of the molecule is Cc1cccc(/C=N/Nc2cc(N3CCOCC3)cc(OCC[N+]3([O-])CCOCC3)n2)c1. The third kappa shape index (κ3) is 6.39.